The molecule has 0 aliphatic rings. The van der Waals surface area contributed by atoms with Crippen LogP contribution in [0.4, 0.5) is 5.13 Å². The van der Waals surface area contributed by atoms with Gasteiger partial charge in [0.25, 0.3) is 5.91 Å². The van der Waals surface area contributed by atoms with E-state index < -0.39 is 0 Å². The van der Waals surface area contributed by atoms with Crippen LogP contribution in [0.25, 0.3) is 21.4 Å². The van der Waals surface area contributed by atoms with Crippen molar-refractivity contribution in [2.24, 2.45) is 0 Å². The van der Waals surface area contributed by atoms with Gasteiger partial charge in [-0.3, -0.25) is 20.1 Å². The molecule has 0 aliphatic carbocycles. The molecule has 4 aromatic heterocycles. The van der Waals surface area contributed by atoms with Gasteiger partial charge in [-0.2, -0.15) is 0 Å². The quantitative estimate of drug-likeness (QED) is 0.580. The number of aromatic nitrogens is 5. The summed E-state index contributed by atoms with van der Waals surface area (Å²) < 4.78 is 0. The molecule has 9 heteroatoms. The standard InChI is InChI=1S/C17H12N6OS2/c1-10-13(25-15(20-10)11-6-2-4-8-18-11)14(24)21-17-23-22-16(26-17)12-7-3-5-9-19-12/h2-9H,1H3,(H,21,23,24). The van der Waals surface area contributed by atoms with E-state index in [2.05, 4.69) is 30.5 Å². The SMILES string of the molecule is Cc1nc(-c2ccccn2)sc1C(=O)Nc1nnc(-c2ccccn2)s1. The van der Waals surface area contributed by atoms with Gasteiger partial charge in [-0.05, 0) is 31.2 Å². The van der Waals surface area contributed by atoms with E-state index in [9.17, 15) is 4.79 Å². The third kappa shape index (κ3) is 3.35. The number of anilines is 1. The second-order valence-corrected chi connectivity index (χ2v) is 7.21. The predicted octanol–water partition coefficient (Wildman–Crippen LogP) is 3.68. The maximum absolute atomic E-state index is 12.6. The molecular weight excluding hydrogens is 368 g/mol. The summed E-state index contributed by atoms with van der Waals surface area (Å²) in [6, 6.07) is 11.1. The van der Waals surface area contributed by atoms with Gasteiger partial charge in [-0.15, -0.1) is 21.5 Å². The first-order valence-corrected chi connectivity index (χ1v) is 9.29. The Balaban J connectivity index is 1.54. The average molecular weight is 380 g/mol. The smallest absolute Gasteiger partial charge is 0.269 e. The zero-order chi connectivity index (χ0) is 17.9. The first-order valence-electron chi connectivity index (χ1n) is 7.66. The van der Waals surface area contributed by atoms with E-state index in [1.807, 2.05) is 36.4 Å². The predicted molar refractivity (Wildman–Crippen MR) is 101 cm³/mol. The summed E-state index contributed by atoms with van der Waals surface area (Å²) >= 11 is 2.57. The average Bonchev–Trinajstić information content (AvgIpc) is 3.30. The molecule has 1 N–H and O–H groups in total. The number of rotatable bonds is 4. The normalized spacial score (nSPS) is 10.7. The highest BCUT2D eigenvalue weighted by molar-refractivity contribution is 7.19. The summed E-state index contributed by atoms with van der Waals surface area (Å²) in [6.07, 6.45) is 3.39. The number of aryl methyl sites for hydroxylation is 1. The van der Waals surface area contributed by atoms with Gasteiger partial charge >= 0.3 is 0 Å². The highest BCUT2D eigenvalue weighted by atomic mass is 32.1. The zero-order valence-corrected chi connectivity index (χ0v) is 15.2. The lowest BCUT2D eigenvalue weighted by molar-refractivity contribution is 0.102. The van der Waals surface area contributed by atoms with Crippen LogP contribution in [0.5, 0.6) is 0 Å². The van der Waals surface area contributed by atoms with Crippen LogP contribution in [0.2, 0.25) is 0 Å². The maximum atomic E-state index is 12.6. The fraction of sp³-hybridized carbons (Fsp3) is 0.0588. The lowest BCUT2D eigenvalue weighted by atomic mass is 10.3. The Morgan fingerprint density at radius 3 is 2.27 bits per heavy atom. The zero-order valence-electron chi connectivity index (χ0n) is 13.6. The van der Waals surface area contributed by atoms with Crippen molar-refractivity contribution in [1.29, 1.82) is 0 Å². The summed E-state index contributed by atoms with van der Waals surface area (Å²) in [5.74, 6) is -0.258. The number of carbonyl (C=O) groups excluding carboxylic acids is 1. The van der Waals surface area contributed by atoms with Crippen LogP contribution in [0.1, 0.15) is 15.4 Å². The van der Waals surface area contributed by atoms with Gasteiger partial charge in [-0.1, -0.05) is 23.5 Å². The summed E-state index contributed by atoms with van der Waals surface area (Å²) in [7, 11) is 0. The van der Waals surface area contributed by atoms with E-state index in [0.29, 0.717) is 25.7 Å². The van der Waals surface area contributed by atoms with Crippen molar-refractivity contribution in [1.82, 2.24) is 25.1 Å². The maximum Gasteiger partial charge on any atom is 0.269 e. The van der Waals surface area contributed by atoms with E-state index in [1.165, 1.54) is 22.7 Å². The number of pyridine rings is 2. The summed E-state index contributed by atoms with van der Waals surface area (Å²) in [5, 5.41) is 12.7. The van der Waals surface area contributed by atoms with Crippen LogP contribution in [0.3, 0.4) is 0 Å². The monoisotopic (exact) mass is 380 g/mol. The third-order valence-corrected chi connectivity index (χ3v) is 5.46. The van der Waals surface area contributed by atoms with Crippen LogP contribution in [-0.4, -0.2) is 31.1 Å². The largest absolute Gasteiger partial charge is 0.296 e. The fourth-order valence-electron chi connectivity index (χ4n) is 2.23. The molecule has 0 aromatic carbocycles. The first-order chi connectivity index (χ1) is 12.7. The van der Waals surface area contributed by atoms with Gasteiger partial charge in [0.2, 0.25) is 5.13 Å². The molecule has 0 spiro atoms. The summed E-state index contributed by atoms with van der Waals surface area (Å²) in [6.45, 7) is 1.80. The lowest BCUT2D eigenvalue weighted by Gasteiger charge is -1.98. The van der Waals surface area contributed by atoms with Crippen LogP contribution in [0, 0.1) is 6.92 Å². The van der Waals surface area contributed by atoms with E-state index in [0.717, 1.165) is 11.4 Å². The molecule has 4 heterocycles. The minimum atomic E-state index is -0.258. The van der Waals surface area contributed by atoms with Crippen molar-refractivity contribution in [3.8, 4) is 21.4 Å². The van der Waals surface area contributed by atoms with Crippen LogP contribution in [0.15, 0.2) is 48.8 Å². The van der Waals surface area contributed by atoms with Crippen molar-refractivity contribution in [3.63, 3.8) is 0 Å². The van der Waals surface area contributed by atoms with E-state index in [-0.39, 0.29) is 5.91 Å². The van der Waals surface area contributed by atoms with E-state index >= 15 is 0 Å². The molecule has 0 radical (unpaired) electrons. The molecule has 0 fully saturated rings. The van der Waals surface area contributed by atoms with Gasteiger partial charge in [0.1, 0.15) is 15.6 Å². The number of hydrogen-bond donors (Lipinski definition) is 1. The van der Waals surface area contributed by atoms with E-state index in [1.54, 1.807) is 19.3 Å². The second kappa shape index (κ2) is 7.06. The number of hydrogen-bond acceptors (Lipinski definition) is 8. The molecular formula is C17H12N6OS2. The number of nitrogens with zero attached hydrogens (tertiary/aromatic N) is 5. The Labute approximate surface area is 156 Å². The minimum absolute atomic E-state index is 0.258. The first kappa shape index (κ1) is 16.4. The molecule has 26 heavy (non-hydrogen) atoms. The summed E-state index contributed by atoms with van der Waals surface area (Å²) in [4.78, 5) is 26.1. The van der Waals surface area contributed by atoms with Gasteiger partial charge in [0.15, 0.2) is 5.01 Å². The topological polar surface area (TPSA) is 93.6 Å². The Kier molecular flexibility index (Phi) is 4.46. The van der Waals surface area contributed by atoms with Crippen LogP contribution < -0.4 is 5.32 Å². The third-order valence-electron chi connectivity index (χ3n) is 3.42. The molecule has 0 atom stereocenters. The Morgan fingerprint density at radius 1 is 0.923 bits per heavy atom. The molecule has 0 saturated carbocycles. The number of thiazole rings is 1. The fourth-order valence-corrected chi connectivity index (χ4v) is 3.88. The number of amides is 1. The highest BCUT2D eigenvalue weighted by Crippen LogP contribution is 2.28. The molecule has 0 saturated heterocycles. The molecule has 0 bridgehead atoms. The molecule has 4 rings (SSSR count). The van der Waals surface area contributed by atoms with E-state index in [4.69, 9.17) is 0 Å². The lowest BCUT2D eigenvalue weighted by Crippen LogP contribution is -2.11. The Bertz CT molecular complexity index is 1050. The number of carbonyl (C=O) groups is 1. The van der Waals surface area contributed by atoms with Crippen LogP contribution >= 0.6 is 22.7 Å². The van der Waals surface area contributed by atoms with Gasteiger partial charge in [0.05, 0.1) is 11.4 Å². The van der Waals surface area contributed by atoms with Crippen molar-refractivity contribution < 1.29 is 4.79 Å². The molecule has 4 aromatic rings. The summed E-state index contributed by atoms with van der Waals surface area (Å²) in [5.41, 5.74) is 2.12. The molecule has 0 unspecified atom stereocenters. The highest BCUT2D eigenvalue weighted by Gasteiger charge is 2.18. The Morgan fingerprint density at radius 2 is 1.62 bits per heavy atom. The van der Waals surface area contributed by atoms with Gasteiger partial charge in [0, 0.05) is 12.4 Å². The Hall–Kier alpha value is -3.04. The van der Waals surface area contributed by atoms with Crippen molar-refractivity contribution in [2.45, 2.75) is 6.92 Å². The van der Waals surface area contributed by atoms with Crippen LogP contribution in [-0.2, 0) is 0 Å². The molecule has 128 valence electrons. The van der Waals surface area contributed by atoms with Gasteiger partial charge < -0.3 is 0 Å². The number of nitrogens with one attached hydrogen (secondary N) is 1. The minimum Gasteiger partial charge on any atom is -0.296 e. The molecule has 0 aliphatic heterocycles. The van der Waals surface area contributed by atoms with Crippen molar-refractivity contribution >= 4 is 33.7 Å². The molecule has 7 nitrogen and oxygen atoms in total. The van der Waals surface area contributed by atoms with Gasteiger partial charge in [-0.25, -0.2) is 4.98 Å². The van der Waals surface area contributed by atoms with Crippen molar-refractivity contribution in [2.75, 3.05) is 5.32 Å². The second-order valence-electron chi connectivity index (χ2n) is 5.23. The van der Waals surface area contributed by atoms with Crippen molar-refractivity contribution in [3.05, 3.63) is 59.4 Å². The molecule has 1 amide bonds.